The van der Waals surface area contributed by atoms with Crippen LogP contribution in [0.5, 0.6) is 0 Å². The zero-order valence-electron chi connectivity index (χ0n) is 16.6. The molecule has 8 heteroatoms. The van der Waals surface area contributed by atoms with Crippen LogP contribution >= 0.6 is 0 Å². The van der Waals surface area contributed by atoms with Gasteiger partial charge in [0.25, 0.3) is 0 Å². The van der Waals surface area contributed by atoms with Crippen molar-refractivity contribution in [1.29, 1.82) is 0 Å². The molecule has 0 N–H and O–H groups in total. The lowest BCUT2D eigenvalue weighted by Gasteiger charge is -2.18. The number of alkyl halides is 6. The van der Waals surface area contributed by atoms with Crippen LogP contribution in [-0.2, 0) is 28.5 Å². The van der Waals surface area contributed by atoms with E-state index < -0.39 is 42.6 Å². The smallest absolute Gasteiger partial charge is 0.369 e. The molecule has 3 rings (SSSR count). The molecule has 0 saturated carbocycles. The average Bonchev–Trinajstić information content (AvgIpc) is 2.74. The van der Waals surface area contributed by atoms with E-state index in [0.717, 1.165) is 0 Å². The second-order valence-electron chi connectivity index (χ2n) is 7.13. The maximum absolute atomic E-state index is 13.0. The first kappa shape index (κ1) is 23.5. The van der Waals surface area contributed by atoms with Crippen molar-refractivity contribution in [3.63, 3.8) is 0 Å². The third-order valence-electron chi connectivity index (χ3n) is 4.75. The van der Waals surface area contributed by atoms with Crippen LogP contribution < -0.4 is 0 Å². The van der Waals surface area contributed by atoms with Crippen LogP contribution in [0.15, 0.2) is 78.9 Å². The van der Waals surface area contributed by atoms with Crippen molar-refractivity contribution in [1.82, 2.24) is 0 Å². The summed E-state index contributed by atoms with van der Waals surface area (Å²) >= 11 is 0. The van der Waals surface area contributed by atoms with E-state index in [0.29, 0.717) is 23.3 Å². The molecule has 0 aliphatic heterocycles. The number of benzene rings is 3. The van der Waals surface area contributed by atoms with E-state index >= 15 is 0 Å². The van der Waals surface area contributed by atoms with Crippen LogP contribution in [0.4, 0.5) is 26.3 Å². The van der Waals surface area contributed by atoms with Gasteiger partial charge >= 0.3 is 12.4 Å². The van der Waals surface area contributed by atoms with E-state index in [2.05, 4.69) is 0 Å². The summed E-state index contributed by atoms with van der Waals surface area (Å²) in [6.45, 7) is -1.05. The summed E-state index contributed by atoms with van der Waals surface area (Å²) in [5, 5.41) is 0. The molecule has 168 valence electrons. The number of carbonyl (C=O) groups is 1. The molecule has 3 aromatic rings. The minimum atomic E-state index is -4.95. The number of Topliss-reactive ketones (excluding diaryl/α,β-unsaturated/α-hetero) is 1. The van der Waals surface area contributed by atoms with Gasteiger partial charge in [-0.15, -0.1) is 0 Å². The Morgan fingerprint density at radius 3 is 1.56 bits per heavy atom. The number of ketones is 1. The van der Waals surface area contributed by atoms with Gasteiger partial charge in [0, 0.05) is 0 Å². The topological polar surface area (TPSA) is 26.3 Å². The first-order chi connectivity index (χ1) is 15.1. The maximum atomic E-state index is 13.0. The van der Waals surface area contributed by atoms with E-state index in [-0.39, 0.29) is 17.4 Å². The molecule has 0 heterocycles. The maximum Gasteiger partial charge on any atom is 0.416 e. The van der Waals surface area contributed by atoms with Crippen LogP contribution in [0.1, 0.15) is 33.7 Å². The summed E-state index contributed by atoms with van der Waals surface area (Å²) in [5.41, 5.74) is -1.78. The summed E-state index contributed by atoms with van der Waals surface area (Å²) in [6, 6.07) is 18.9. The zero-order chi connectivity index (χ0) is 23.4. The van der Waals surface area contributed by atoms with Gasteiger partial charge in [-0.2, -0.15) is 26.3 Å². The van der Waals surface area contributed by atoms with Crippen molar-refractivity contribution in [3.8, 4) is 0 Å². The number of halogens is 6. The molecular weight excluding hydrogens is 434 g/mol. The molecule has 0 unspecified atom stereocenters. The SMILES string of the molecule is O=C(COCc1cc(C(F)(F)F)cc(C(F)(F)F)c1)C(c1ccccc1)c1ccccc1. The first-order valence-corrected chi connectivity index (χ1v) is 9.54. The molecule has 2 nitrogen and oxygen atoms in total. The van der Waals surface area contributed by atoms with Gasteiger partial charge in [0.1, 0.15) is 6.61 Å². The Balaban J connectivity index is 1.78. The lowest BCUT2D eigenvalue weighted by atomic mass is 9.88. The Labute approximate surface area is 180 Å². The number of carbonyl (C=O) groups excluding carboxylic acids is 1. The molecule has 0 atom stereocenters. The van der Waals surface area contributed by atoms with Crippen molar-refractivity contribution in [2.45, 2.75) is 24.9 Å². The summed E-state index contributed by atoms with van der Waals surface area (Å²) in [7, 11) is 0. The first-order valence-electron chi connectivity index (χ1n) is 9.54. The van der Waals surface area contributed by atoms with Crippen molar-refractivity contribution in [2.24, 2.45) is 0 Å². The number of rotatable bonds is 7. The molecule has 0 fully saturated rings. The molecule has 0 aromatic heterocycles. The molecule has 0 spiro atoms. The van der Waals surface area contributed by atoms with Crippen molar-refractivity contribution >= 4 is 5.78 Å². The van der Waals surface area contributed by atoms with Gasteiger partial charge < -0.3 is 4.74 Å². The minimum Gasteiger partial charge on any atom is -0.369 e. The lowest BCUT2D eigenvalue weighted by Crippen LogP contribution is -2.20. The summed E-state index contributed by atoms with van der Waals surface area (Å²) in [6.07, 6.45) is -9.89. The zero-order valence-corrected chi connectivity index (χ0v) is 16.6. The number of hydrogen-bond acceptors (Lipinski definition) is 2. The molecule has 0 aliphatic rings. The Kier molecular flexibility index (Phi) is 7.03. The molecular formula is C24H18F6O2. The largest absolute Gasteiger partial charge is 0.416 e. The van der Waals surface area contributed by atoms with Crippen molar-refractivity contribution in [2.75, 3.05) is 6.61 Å². The fraction of sp³-hybridized carbons (Fsp3) is 0.208. The second-order valence-corrected chi connectivity index (χ2v) is 7.13. The predicted molar refractivity (Wildman–Crippen MR) is 106 cm³/mol. The predicted octanol–water partition coefficient (Wildman–Crippen LogP) is 6.64. The van der Waals surface area contributed by atoms with Crippen molar-refractivity contribution < 1.29 is 35.9 Å². The minimum absolute atomic E-state index is 0.0511. The van der Waals surface area contributed by atoms with E-state index in [9.17, 15) is 31.1 Å². The van der Waals surface area contributed by atoms with E-state index in [1.54, 1.807) is 60.7 Å². The molecule has 3 aromatic carbocycles. The average molecular weight is 452 g/mol. The van der Waals surface area contributed by atoms with Gasteiger partial charge in [-0.1, -0.05) is 60.7 Å². The van der Waals surface area contributed by atoms with E-state index in [4.69, 9.17) is 4.74 Å². The standard InChI is InChI=1S/C24H18F6O2/c25-23(26,27)19-11-16(12-20(13-19)24(28,29)30)14-32-15-21(31)22(17-7-3-1-4-8-17)18-9-5-2-6-10-18/h1-13,22H,14-15H2. The van der Waals surface area contributed by atoms with Crippen molar-refractivity contribution in [3.05, 3.63) is 107 Å². The van der Waals surface area contributed by atoms with Gasteiger partial charge in [0.15, 0.2) is 5.78 Å². The van der Waals surface area contributed by atoms with Gasteiger partial charge in [-0.25, -0.2) is 0 Å². The number of hydrogen-bond donors (Lipinski definition) is 0. The Morgan fingerprint density at radius 1 is 0.719 bits per heavy atom. The van der Waals surface area contributed by atoms with Gasteiger partial charge in [-0.3, -0.25) is 4.79 Å². The van der Waals surface area contributed by atoms with Gasteiger partial charge in [-0.05, 0) is 34.9 Å². The monoisotopic (exact) mass is 452 g/mol. The third kappa shape index (κ3) is 5.97. The molecule has 0 bridgehead atoms. The number of ether oxygens (including phenoxy) is 1. The molecule has 0 amide bonds. The van der Waals surface area contributed by atoms with E-state index in [1.165, 1.54) is 0 Å². The fourth-order valence-electron chi connectivity index (χ4n) is 3.31. The highest BCUT2D eigenvalue weighted by molar-refractivity contribution is 5.90. The van der Waals surface area contributed by atoms with Gasteiger partial charge in [0.05, 0.1) is 23.7 Å². The van der Waals surface area contributed by atoms with Crippen LogP contribution in [0.3, 0.4) is 0 Å². The summed E-state index contributed by atoms with van der Waals surface area (Å²) in [4.78, 5) is 12.9. The van der Waals surface area contributed by atoms with Crippen LogP contribution in [-0.4, -0.2) is 12.4 Å². The van der Waals surface area contributed by atoms with Crippen LogP contribution in [0.25, 0.3) is 0 Å². The van der Waals surface area contributed by atoms with Crippen LogP contribution in [0, 0.1) is 0 Å². The summed E-state index contributed by atoms with van der Waals surface area (Å²) in [5.74, 6) is -1.05. The summed E-state index contributed by atoms with van der Waals surface area (Å²) < 4.78 is 83.3. The normalized spacial score (nSPS) is 12.2. The van der Waals surface area contributed by atoms with E-state index in [1.807, 2.05) is 0 Å². The second kappa shape index (κ2) is 9.56. The Hall–Kier alpha value is -3.13. The highest BCUT2D eigenvalue weighted by atomic mass is 19.4. The molecule has 0 aliphatic carbocycles. The Morgan fingerprint density at radius 2 is 1.16 bits per heavy atom. The van der Waals surface area contributed by atoms with Crippen LogP contribution in [0.2, 0.25) is 0 Å². The third-order valence-corrected chi connectivity index (χ3v) is 4.75. The quantitative estimate of drug-likeness (QED) is 0.376. The molecule has 0 radical (unpaired) electrons. The Bertz CT molecular complexity index is 972. The van der Waals surface area contributed by atoms with Gasteiger partial charge in [0.2, 0.25) is 0 Å². The molecule has 0 saturated heterocycles. The highest BCUT2D eigenvalue weighted by Crippen LogP contribution is 2.36. The fourth-order valence-corrected chi connectivity index (χ4v) is 3.31. The molecule has 32 heavy (non-hydrogen) atoms. The lowest BCUT2D eigenvalue weighted by molar-refractivity contribution is -0.143. The highest BCUT2D eigenvalue weighted by Gasteiger charge is 2.37.